The highest BCUT2D eigenvalue weighted by Gasteiger charge is 2.64. The Balaban J connectivity index is 1.81. The number of piperidine rings is 1. The molecule has 1 aromatic carbocycles. The lowest BCUT2D eigenvalue weighted by Crippen LogP contribution is -2.66. The van der Waals surface area contributed by atoms with Crippen LogP contribution in [0, 0.1) is 5.92 Å². The van der Waals surface area contributed by atoms with Gasteiger partial charge in [0.15, 0.2) is 11.5 Å². The number of ether oxygens (including phenoxy) is 2. The van der Waals surface area contributed by atoms with Crippen molar-refractivity contribution in [3.8, 4) is 11.5 Å². The van der Waals surface area contributed by atoms with E-state index in [4.69, 9.17) is 9.47 Å². The van der Waals surface area contributed by atoms with Gasteiger partial charge in [-0.3, -0.25) is 0 Å². The van der Waals surface area contributed by atoms with Crippen LogP contribution in [-0.4, -0.2) is 37.0 Å². The molecule has 0 amide bonds. The third kappa shape index (κ3) is 1.29. The molecule has 4 heteroatoms. The van der Waals surface area contributed by atoms with Gasteiger partial charge in [-0.15, -0.1) is 0 Å². The summed E-state index contributed by atoms with van der Waals surface area (Å²) in [4.78, 5) is 0. The third-order valence-electron chi connectivity index (χ3n) is 6.30. The topological polar surface area (TPSA) is 50.7 Å². The Morgan fingerprint density at radius 3 is 3.14 bits per heavy atom. The molecule has 5 atom stereocenters. The van der Waals surface area contributed by atoms with Crippen LogP contribution in [0.25, 0.3) is 0 Å². The lowest BCUT2D eigenvalue weighted by atomic mass is 9.52. The number of benzene rings is 1. The summed E-state index contributed by atoms with van der Waals surface area (Å²) < 4.78 is 11.8. The maximum absolute atomic E-state index is 10.6. The van der Waals surface area contributed by atoms with E-state index in [2.05, 4.69) is 11.4 Å². The minimum atomic E-state index is -0.358. The van der Waals surface area contributed by atoms with Gasteiger partial charge in [0.1, 0.15) is 6.10 Å². The summed E-state index contributed by atoms with van der Waals surface area (Å²) in [6.07, 6.45) is 3.62. The van der Waals surface area contributed by atoms with Gasteiger partial charge in [0.05, 0.1) is 13.2 Å². The number of methoxy groups -OCH3 is 1. The molecule has 2 N–H and O–H groups in total. The van der Waals surface area contributed by atoms with E-state index in [9.17, 15) is 5.11 Å². The van der Waals surface area contributed by atoms with Gasteiger partial charge in [-0.25, -0.2) is 0 Å². The molecule has 1 spiro atoms. The monoisotopic (exact) mass is 287 g/mol. The first-order valence-electron chi connectivity index (χ1n) is 8.04. The zero-order valence-corrected chi connectivity index (χ0v) is 12.3. The van der Waals surface area contributed by atoms with Gasteiger partial charge in [-0.05, 0) is 49.8 Å². The van der Waals surface area contributed by atoms with Crippen LogP contribution in [0.3, 0.4) is 0 Å². The maximum atomic E-state index is 10.6. The maximum Gasteiger partial charge on any atom is 0.165 e. The fourth-order valence-electron chi connectivity index (χ4n) is 5.59. The molecule has 0 radical (unpaired) electrons. The molecule has 5 rings (SSSR count). The van der Waals surface area contributed by atoms with Gasteiger partial charge >= 0.3 is 0 Å². The number of rotatable bonds is 1. The van der Waals surface area contributed by atoms with Gasteiger partial charge in [-0.2, -0.15) is 0 Å². The molecule has 4 nitrogen and oxygen atoms in total. The summed E-state index contributed by atoms with van der Waals surface area (Å²) in [5.41, 5.74) is 2.74. The molecule has 0 aromatic heterocycles. The normalized spacial score (nSPS) is 42.2. The number of nitrogens with one attached hydrogen (secondary N) is 1. The zero-order valence-electron chi connectivity index (χ0n) is 12.3. The minimum Gasteiger partial charge on any atom is -0.493 e. The van der Waals surface area contributed by atoms with Crippen LogP contribution < -0.4 is 14.8 Å². The molecule has 1 unspecified atom stereocenters. The molecule has 1 saturated carbocycles. The van der Waals surface area contributed by atoms with Crippen LogP contribution in [0.15, 0.2) is 12.1 Å². The molecular formula is C17H21NO3. The fourth-order valence-corrected chi connectivity index (χ4v) is 5.59. The second kappa shape index (κ2) is 3.93. The Bertz CT molecular complexity index is 616. The van der Waals surface area contributed by atoms with Crippen LogP contribution in [0.2, 0.25) is 0 Å². The van der Waals surface area contributed by atoms with Crippen molar-refractivity contribution in [2.45, 2.75) is 49.3 Å². The summed E-state index contributed by atoms with van der Waals surface area (Å²) in [7, 11) is 1.70. The predicted molar refractivity (Wildman–Crippen MR) is 77.9 cm³/mol. The Morgan fingerprint density at radius 2 is 2.29 bits per heavy atom. The molecule has 1 aromatic rings. The van der Waals surface area contributed by atoms with Crippen molar-refractivity contribution >= 4 is 0 Å². The molecule has 4 aliphatic rings. The second-order valence-corrected chi connectivity index (χ2v) is 6.98. The Labute approximate surface area is 124 Å². The largest absolute Gasteiger partial charge is 0.493 e. The summed E-state index contributed by atoms with van der Waals surface area (Å²) in [5, 5.41) is 14.3. The summed E-state index contributed by atoms with van der Waals surface area (Å²) in [6.45, 7) is 1.02. The van der Waals surface area contributed by atoms with E-state index in [1.807, 2.05) is 6.07 Å². The molecule has 2 bridgehead atoms. The zero-order chi connectivity index (χ0) is 14.2. The lowest BCUT2D eigenvalue weighted by molar-refractivity contribution is -0.0761. The van der Waals surface area contributed by atoms with Gasteiger partial charge < -0.3 is 19.9 Å². The molecule has 21 heavy (non-hydrogen) atoms. The van der Waals surface area contributed by atoms with E-state index in [1.54, 1.807) is 7.11 Å². The number of hydrogen-bond donors (Lipinski definition) is 2. The van der Waals surface area contributed by atoms with E-state index in [0.717, 1.165) is 43.7 Å². The Kier molecular flexibility index (Phi) is 2.30. The van der Waals surface area contributed by atoms with Crippen molar-refractivity contribution in [1.29, 1.82) is 0 Å². The van der Waals surface area contributed by atoms with Crippen LogP contribution in [0.1, 0.15) is 30.4 Å². The summed E-state index contributed by atoms with van der Waals surface area (Å²) >= 11 is 0. The van der Waals surface area contributed by atoms with E-state index in [1.165, 1.54) is 11.1 Å². The van der Waals surface area contributed by atoms with E-state index < -0.39 is 0 Å². The standard InChI is InChI=1S/C17H21NO3/c1-20-13-5-2-9-8-11-10-3-4-12(19)16-17(10,6-7-18-11)14(9)15(13)21-16/h2,5,10-12,16,18-19H,3-4,6-8H2,1H3/t10-,11+,12?,16-,17-/m0/s1. The van der Waals surface area contributed by atoms with Gasteiger partial charge in [0, 0.05) is 17.0 Å². The van der Waals surface area contributed by atoms with Crippen molar-refractivity contribution in [3.63, 3.8) is 0 Å². The van der Waals surface area contributed by atoms with Crippen molar-refractivity contribution in [1.82, 2.24) is 5.32 Å². The number of aliphatic hydroxyl groups excluding tert-OH is 1. The SMILES string of the molecule is COc1ccc2c3c1O[C@H]1C(O)CC[C@H]4[C@@H](C2)NCC[C@]314. The van der Waals surface area contributed by atoms with Gasteiger partial charge in [0.25, 0.3) is 0 Å². The van der Waals surface area contributed by atoms with E-state index in [0.29, 0.717) is 12.0 Å². The second-order valence-electron chi connectivity index (χ2n) is 6.98. The fraction of sp³-hybridized carbons (Fsp3) is 0.647. The highest BCUT2D eigenvalue weighted by molar-refractivity contribution is 5.61. The molecular weight excluding hydrogens is 266 g/mol. The lowest BCUT2D eigenvalue weighted by Gasteiger charge is -2.56. The smallest absolute Gasteiger partial charge is 0.165 e. The van der Waals surface area contributed by atoms with Gasteiger partial charge in [0.2, 0.25) is 0 Å². The van der Waals surface area contributed by atoms with E-state index in [-0.39, 0.29) is 17.6 Å². The first-order valence-corrected chi connectivity index (χ1v) is 8.04. The first kappa shape index (κ1) is 12.3. The number of aliphatic hydroxyl groups is 1. The Hall–Kier alpha value is -1.26. The van der Waals surface area contributed by atoms with E-state index >= 15 is 0 Å². The third-order valence-corrected chi connectivity index (χ3v) is 6.30. The van der Waals surface area contributed by atoms with Crippen LogP contribution in [0.4, 0.5) is 0 Å². The quantitative estimate of drug-likeness (QED) is 0.819. The molecule has 1 saturated heterocycles. The van der Waals surface area contributed by atoms with Crippen molar-refractivity contribution in [2.24, 2.45) is 5.92 Å². The van der Waals surface area contributed by atoms with Crippen LogP contribution >= 0.6 is 0 Å². The summed E-state index contributed by atoms with van der Waals surface area (Å²) in [6, 6.07) is 4.75. The minimum absolute atomic E-state index is 0.00500. The molecule has 112 valence electrons. The highest BCUT2D eigenvalue weighted by atomic mass is 16.5. The van der Waals surface area contributed by atoms with Crippen molar-refractivity contribution < 1.29 is 14.6 Å². The first-order chi connectivity index (χ1) is 10.3. The Morgan fingerprint density at radius 1 is 1.38 bits per heavy atom. The van der Waals surface area contributed by atoms with Crippen LogP contribution in [-0.2, 0) is 11.8 Å². The molecule has 2 aliphatic carbocycles. The molecule has 2 aliphatic heterocycles. The van der Waals surface area contributed by atoms with Crippen molar-refractivity contribution in [2.75, 3.05) is 13.7 Å². The van der Waals surface area contributed by atoms with Crippen LogP contribution in [0.5, 0.6) is 11.5 Å². The average Bonchev–Trinajstić information content (AvgIpc) is 2.83. The highest BCUT2D eigenvalue weighted by Crippen LogP contribution is 2.62. The predicted octanol–water partition coefficient (Wildman–Crippen LogP) is 1.38. The molecule has 2 fully saturated rings. The van der Waals surface area contributed by atoms with Gasteiger partial charge in [-0.1, -0.05) is 6.07 Å². The van der Waals surface area contributed by atoms with Crippen molar-refractivity contribution in [3.05, 3.63) is 23.3 Å². The molecule has 2 heterocycles. The summed E-state index contributed by atoms with van der Waals surface area (Å²) in [5.74, 6) is 2.31. The average molecular weight is 287 g/mol. The number of hydrogen-bond acceptors (Lipinski definition) is 4.